The maximum atomic E-state index is 6.31. The number of nitrogens with zero attached hydrogens (tertiary/aromatic N) is 2. The van der Waals surface area contributed by atoms with Crippen molar-refractivity contribution < 1.29 is 4.42 Å². The Hall–Kier alpha value is -2.07. The normalized spacial score (nSPS) is 13.0. The van der Waals surface area contributed by atoms with Gasteiger partial charge in [-0.2, -0.15) is 5.10 Å². The number of nitrogens with two attached hydrogens (primary N) is 1. The number of benzene rings is 1. The van der Waals surface area contributed by atoms with Crippen LogP contribution in [-0.2, 0) is 13.5 Å². The second-order valence-corrected chi connectivity index (χ2v) is 4.90. The molecule has 0 fully saturated rings. The Morgan fingerprint density at radius 2 is 2.16 bits per heavy atom. The lowest BCUT2D eigenvalue weighted by molar-refractivity contribution is 0.591. The molecule has 98 valence electrons. The lowest BCUT2D eigenvalue weighted by Gasteiger charge is -2.10. The zero-order valence-electron chi connectivity index (χ0n) is 11.1. The second-order valence-electron chi connectivity index (χ2n) is 4.90. The van der Waals surface area contributed by atoms with Gasteiger partial charge in [0.2, 0.25) is 0 Å². The number of para-hydroxylation sites is 1. The van der Waals surface area contributed by atoms with E-state index in [4.69, 9.17) is 10.2 Å². The van der Waals surface area contributed by atoms with Crippen molar-refractivity contribution in [2.75, 3.05) is 0 Å². The number of fused-ring (bicyclic) bond motifs is 1. The topological polar surface area (TPSA) is 57.0 Å². The van der Waals surface area contributed by atoms with E-state index in [9.17, 15) is 0 Å². The lowest BCUT2D eigenvalue weighted by atomic mass is 10.0. The van der Waals surface area contributed by atoms with Gasteiger partial charge in [-0.1, -0.05) is 18.2 Å². The number of hydrogen-bond donors (Lipinski definition) is 1. The first-order valence-electron chi connectivity index (χ1n) is 6.36. The SMILES string of the molecule is Cc1cc(CC(N)c2coc3ccccc23)n(C)n1. The van der Waals surface area contributed by atoms with Crippen molar-refractivity contribution in [3.05, 3.63) is 53.5 Å². The maximum absolute atomic E-state index is 6.31. The monoisotopic (exact) mass is 255 g/mol. The fourth-order valence-corrected chi connectivity index (χ4v) is 2.48. The number of rotatable bonds is 3. The zero-order chi connectivity index (χ0) is 13.4. The van der Waals surface area contributed by atoms with Crippen LogP contribution in [0.25, 0.3) is 11.0 Å². The van der Waals surface area contributed by atoms with Gasteiger partial charge in [-0.05, 0) is 19.1 Å². The van der Waals surface area contributed by atoms with Crippen molar-refractivity contribution >= 4 is 11.0 Å². The van der Waals surface area contributed by atoms with E-state index in [-0.39, 0.29) is 6.04 Å². The van der Waals surface area contributed by atoms with Crippen LogP contribution >= 0.6 is 0 Å². The lowest BCUT2D eigenvalue weighted by Crippen LogP contribution is -2.15. The van der Waals surface area contributed by atoms with E-state index in [0.717, 1.165) is 34.3 Å². The maximum Gasteiger partial charge on any atom is 0.134 e. The summed E-state index contributed by atoms with van der Waals surface area (Å²) >= 11 is 0. The molecule has 0 aliphatic carbocycles. The molecular formula is C15H17N3O. The van der Waals surface area contributed by atoms with Gasteiger partial charge in [0.15, 0.2) is 0 Å². The molecule has 1 aromatic carbocycles. The average Bonchev–Trinajstić information content (AvgIpc) is 2.93. The van der Waals surface area contributed by atoms with Crippen molar-refractivity contribution in [3.8, 4) is 0 Å². The van der Waals surface area contributed by atoms with E-state index >= 15 is 0 Å². The van der Waals surface area contributed by atoms with Crippen molar-refractivity contribution in [2.24, 2.45) is 12.8 Å². The van der Waals surface area contributed by atoms with Crippen LogP contribution in [0.1, 0.15) is 23.0 Å². The highest BCUT2D eigenvalue weighted by Gasteiger charge is 2.15. The van der Waals surface area contributed by atoms with E-state index < -0.39 is 0 Å². The van der Waals surface area contributed by atoms with Gasteiger partial charge >= 0.3 is 0 Å². The van der Waals surface area contributed by atoms with Crippen LogP contribution in [-0.4, -0.2) is 9.78 Å². The minimum Gasteiger partial charge on any atom is -0.464 e. The summed E-state index contributed by atoms with van der Waals surface area (Å²) in [5.41, 5.74) is 10.4. The Balaban J connectivity index is 1.92. The van der Waals surface area contributed by atoms with Crippen LogP contribution < -0.4 is 5.73 Å². The Morgan fingerprint density at radius 1 is 1.37 bits per heavy atom. The molecule has 4 nitrogen and oxygen atoms in total. The van der Waals surface area contributed by atoms with E-state index in [1.165, 1.54) is 0 Å². The highest BCUT2D eigenvalue weighted by molar-refractivity contribution is 5.81. The van der Waals surface area contributed by atoms with Gasteiger partial charge in [-0.25, -0.2) is 0 Å². The molecule has 0 spiro atoms. The molecule has 4 heteroatoms. The van der Waals surface area contributed by atoms with Crippen LogP contribution in [0.4, 0.5) is 0 Å². The average molecular weight is 255 g/mol. The summed E-state index contributed by atoms with van der Waals surface area (Å²) in [5, 5.41) is 5.44. The van der Waals surface area contributed by atoms with Crippen LogP contribution in [0.3, 0.4) is 0 Å². The smallest absolute Gasteiger partial charge is 0.134 e. The predicted molar refractivity (Wildman–Crippen MR) is 74.8 cm³/mol. The van der Waals surface area contributed by atoms with Gasteiger partial charge in [-0.15, -0.1) is 0 Å². The van der Waals surface area contributed by atoms with Crippen LogP contribution in [0.2, 0.25) is 0 Å². The van der Waals surface area contributed by atoms with Gasteiger partial charge in [0.25, 0.3) is 0 Å². The fourth-order valence-electron chi connectivity index (χ4n) is 2.48. The highest BCUT2D eigenvalue weighted by Crippen LogP contribution is 2.27. The summed E-state index contributed by atoms with van der Waals surface area (Å²) in [4.78, 5) is 0. The van der Waals surface area contributed by atoms with Crippen LogP contribution in [0, 0.1) is 6.92 Å². The third-order valence-corrected chi connectivity index (χ3v) is 3.44. The van der Waals surface area contributed by atoms with Crippen LogP contribution in [0.15, 0.2) is 41.0 Å². The Kier molecular flexibility index (Phi) is 2.87. The summed E-state index contributed by atoms with van der Waals surface area (Å²) in [6.07, 6.45) is 2.51. The van der Waals surface area contributed by atoms with Gasteiger partial charge in [0.05, 0.1) is 12.0 Å². The first-order valence-corrected chi connectivity index (χ1v) is 6.36. The van der Waals surface area contributed by atoms with E-state index in [2.05, 4.69) is 11.2 Å². The Morgan fingerprint density at radius 3 is 2.89 bits per heavy atom. The summed E-state index contributed by atoms with van der Waals surface area (Å²) < 4.78 is 7.43. The molecule has 0 aliphatic heterocycles. The molecule has 0 bridgehead atoms. The summed E-state index contributed by atoms with van der Waals surface area (Å²) in [6.45, 7) is 1.99. The van der Waals surface area contributed by atoms with E-state index in [1.807, 2.05) is 42.9 Å². The molecule has 2 aromatic heterocycles. The molecule has 1 atom stereocenters. The molecule has 0 aliphatic rings. The fraction of sp³-hybridized carbons (Fsp3) is 0.267. The van der Waals surface area contributed by atoms with Gasteiger partial charge < -0.3 is 10.2 Å². The van der Waals surface area contributed by atoms with Gasteiger partial charge in [0, 0.05) is 36.2 Å². The Bertz CT molecular complexity index is 711. The minimum absolute atomic E-state index is 0.0848. The molecule has 0 saturated carbocycles. The second kappa shape index (κ2) is 4.55. The van der Waals surface area contributed by atoms with E-state index in [0.29, 0.717) is 0 Å². The number of hydrogen-bond acceptors (Lipinski definition) is 3. The molecule has 3 aromatic rings. The molecule has 0 saturated heterocycles. The standard InChI is InChI=1S/C15H17N3O/c1-10-7-11(18(2)17-10)8-14(16)13-9-19-15-6-4-3-5-12(13)15/h3-7,9,14H,8,16H2,1-2H3. The summed E-state index contributed by atoms with van der Waals surface area (Å²) in [5.74, 6) is 0. The first-order chi connectivity index (χ1) is 9.15. The van der Waals surface area contributed by atoms with E-state index in [1.54, 1.807) is 6.26 Å². The summed E-state index contributed by atoms with van der Waals surface area (Å²) in [7, 11) is 1.95. The molecule has 1 unspecified atom stereocenters. The molecule has 0 radical (unpaired) electrons. The predicted octanol–water partition coefficient (Wildman–Crippen LogP) is 2.72. The van der Waals surface area contributed by atoms with Crippen molar-refractivity contribution in [1.29, 1.82) is 0 Å². The molecular weight excluding hydrogens is 238 g/mol. The van der Waals surface area contributed by atoms with Crippen LogP contribution in [0.5, 0.6) is 0 Å². The van der Waals surface area contributed by atoms with Crippen molar-refractivity contribution in [3.63, 3.8) is 0 Å². The minimum atomic E-state index is -0.0848. The quantitative estimate of drug-likeness (QED) is 0.783. The molecule has 2 N–H and O–H groups in total. The third kappa shape index (κ3) is 2.15. The largest absolute Gasteiger partial charge is 0.464 e. The summed E-state index contributed by atoms with van der Waals surface area (Å²) in [6, 6.07) is 9.96. The molecule has 19 heavy (non-hydrogen) atoms. The van der Waals surface area contributed by atoms with Gasteiger partial charge in [-0.3, -0.25) is 4.68 Å². The zero-order valence-corrected chi connectivity index (χ0v) is 11.1. The highest BCUT2D eigenvalue weighted by atomic mass is 16.3. The number of aryl methyl sites for hydroxylation is 2. The van der Waals surface area contributed by atoms with Gasteiger partial charge in [0.1, 0.15) is 5.58 Å². The first kappa shape index (κ1) is 12.0. The number of furan rings is 1. The van der Waals surface area contributed by atoms with Crippen molar-refractivity contribution in [2.45, 2.75) is 19.4 Å². The molecule has 3 rings (SSSR count). The Labute approximate surface area is 111 Å². The molecule has 0 amide bonds. The third-order valence-electron chi connectivity index (χ3n) is 3.44. The molecule has 2 heterocycles. The number of aromatic nitrogens is 2. The van der Waals surface area contributed by atoms with Crippen molar-refractivity contribution in [1.82, 2.24) is 9.78 Å².